The van der Waals surface area contributed by atoms with Crippen LogP contribution in [0.5, 0.6) is 0 Å². The van der Waals surface area contributed by atoms with Crippen LogP contribution in [-0.2, 0) is 32.5 Å². The van der Waals surface area contributed by atoms with Gasteiger partial charge in [0, 0.05) is 45.4 Å². The number of hydrogen-bond acceptors (Lipinski definition) is 5. The number of nitrogens with zero attached hydrogens (tertiary/aromatic N) is 4. The summed E-state index contributed by atoms with van der Waals surface area (Å²) in [5.74, 6) is -1.65. The van der Waals surface area contributed by atoms with Crippen molar-refractivity contribution in [3.05, 3.63) is 71.5 Å². The summed E-state index contributed by atoms with van der Waals surface area (Å²) >= 11 is 0. The molecule has 1 aliphatic rings. The summed E-state index contributed by atoms with van der Waals surface area (Å²) in [6, 6.07) is 9.68. The Hall–Kier alpha value is -3.82. The van der Waals surface area contributed by atoms with Gasteiger partial charge in [-0.1, -0.05) is 24.3 Å². The van der Waals surface area contributed by atoms with E-state index in [1.54, 1.807) is 44.6 Å². The Kier molecular flexibility index (Phi) is 6.31. The van der Waals surface area contributed by atoms with Gasteiger partial charge in [0.2, 0.25) is 17.7 Å². The lowest BCUT2D eigenvalue weighted by Crippen LogP contribution is -2.42. The van der Waals surface area contributed by atoms with Crippen LogP contribution >= 0.6 is 0 Å². The summed E-state index contributed by atoms with van der Waals surface area (Å²) in [6.07, 6.45) is -2.30. The van der Waals surface area contributed by atoms with Gasteiger partial charge in [0.1, 0.15) is 0 Å². The number of amides is 3. The van der Waals surface area contributed by atoms with Crippen LogP contribution < -0.4 is 0 Å². The molecule has 0 saturated carbocycles. The Morgan fingerprint density at radius 1 is 1.09 bits per heavy atom. The average molecular weight is 484 g/mol. The zero-order valence-electron chi connectivity index (χ0n) is 19.2. The van der Waals surface area contributed by atoms with Crippen LogP contribution in [0.1, 0.15) is 36.5 Å². The third kappa shape index (κ3) is 4.60. The van der Waals surface area contributed by atoms with Crippen molar-refractivity contribution >= 4 is 28.8 Å². The molecule has 2 aromatic carbocycles. The van der Waals surface area contributed by atoms with E-state index < -0.39 is 41.3 Å². The molecule has 1 aromatic heterocycles. The smallest absolute Gasteiger partial charge is 0.341 e. The highest BCUT2D eigenvalue weighted by atomic mass is 19.4. The predicted octanol–water partition coefficient (Wildman–Crippen LogP) is 3.71. The van der Waals surface area contributed by atoms with E-state index in [4.69, 9.17) is 0 Å². The fraction of sp³-hybridized carbons (Fsp3) is 0.320. The molecule has 7 nitrogen and oxygen atoms in total. The van der Waals surface area contributed by atoms with Gasteiger partial charge in [-0.15, -0.1) is 0 Å². The molecule has 10 heteroatoms. The Morgan fingerprint density at radius 3 is 2.46 bits per heavy atom. The lowest BCUT2D eigenvalue weighted by Gasteiger charge is -2.29. The first-order chi connectivity index (χ1) is 16.5. The normalized spacial score (nSPS) is 18.4. The van der Waals surface area contributed by atoms with Gasteiger partial charge < -0.3 is 4.90 Å². The van der Waals surface area contributed by atoms with E-state index in [1.807, 2.05) is 0 Å². The quantitative estimate of drug-likeness (QED) is 0.498. The molecule has 182 valence electrons. The maximum absolute atomic E-state index is 13.4. The highest BCUT2D eigenvalue weighted by Crippen LogP contribution is 2.42. The van der Waals surface area contributed by atoms with Crippen molar-refractivity contribution in [1.82, 2.24) is 19.8 Å². The number of imide groups is 1. The molecule has 3 amide bonds. The van der Waals surface area contributed by atoms with E-state index in [0.29, 0.717) is 11.0 Å². The minimum atomic E-state index is -4.63. The molecule has 0 N–H and O–H groups in total. The van der Waals surface area contributed by atoms with Crippen LogP contribution in [0.15, 0.2) is 54.9 Å². The van der Waals surface area contributed by atoms with Crippen LogP contribution in [-0.4, -0.2) is 51.1 Å². The highest BCUT2D eigenvalue weighted by molar-refractivity contribution is 6.10. The monoisotopic (exact) mass is 484 g/mol. The number of carbonyl (C=O) groups is 3. The molecule has 1 fully saturated rings. The Balaban J connectivity index is 1.65. The molecular formula is C25H23F3N4O3. The third-order valence-corrected chi connectivity index (χ3v) is 6.30. The van der Waals surface area contributed by atoms with Gasteiger partial charge >= 0.3 is 6.18 Å². The Bertz CT molecular complexity index is 1310. The predicted molar refractivity (Wildman–Crippen MR) is 121 cm³/mol. The molecule has 0 spiro atoms. The highest BCUT2D eigenvalue weighted by Gasteiger charge is 2.54. The fourth-order valence-corrected chi connectivity index (χ4v) is 4.44. The Morgan fingerprint density at radius 2 is 1.80 bits per heavy atom. The number of carbonyl (C=O) groups excluding carboxylic acids is 3. The Labute approximate surface area is 199 Å². The molecule has 1 atom stereocenters. The molecule has 3 aromatic rings. The SMILES string of the molecule is CCN1C(=O)C[C@@](CC(=O)N(C)Cc2ccc3nccnc3c2)(c2cccc(C(F)(F)F)c2)C1=O. The van der Waals surface area contributed by atoms with Crippen molar-refractivity contribution < 1.29 is 27.6 Å². The number of likely N-dealkylation sites (N-methyl/N-ethyl adjacent to an activating group) is 1. The van der Waals surface area contributed by atoms with E-state index in [2.05, 4.69) is 9.97 Å². The van der Waals surface area contributed by atoms with Gasteiger partial charge in [-0.2, -0.15) is 13.2 Å². The van der Waals surface area contributed by atoms with Crippen LogP contribution in [0.4, 0.5) is 13.2 Å². The maximum Gasteiger partial charge on any atom is 0.416 e. The van der Waals surface area contributed by atoms with Crippen molar-refractivity contribution in [3.8, 4) is 0 Å². The number of rotatable bonds is 6. The van der Waals surface area contributed by atoms with Gasteiger partial charge in [-0.05, 0) is 36.2 Å². The van der Waals surface area contributed by atoms with Crippen molar-refractivity contribution in [1.29, 1.82) is 0 Å². The molecule has 1 saturated heterocycles. The van der Waals surface area contributed by atoms with Crippen LogP contribution in [0, 0.1) is 0 Å². The van der Waals surface area contributed by atoms with Crippen molar-refractivity contribution in [2.45, 2.75) is 37.9 Å². The maximum atomic E-state index is 13.4. The molecule has 2 heterocycles. The molecule has 0 radical (unpaired) electrons. The number of fused-ring (bicyclic) bond motifs is 1. The topological polar surface area (TPSA) is 83.5 Å². The standard InChI is InChI=1S/C25H23F3N4O3/c1-3-32-22(34)14-24(23(32)35,17-5-4-6-18(12-17)25(26,27)28)13-21(33)31(2)15-16-7-8-19-20(11-16)30-10-9-29-19/h4-12H,3,13-15H2,1-2H3/t24-/m0/s1. The van der Waals surface area contributed by atoms with E-state index >= 15 is 0 Å². The minimum absolute atomic E-state index is 0.00403. The molecular weight excluding hydrogens is 461 g/mol. The molecule has 0 aliphatic carbocycles. The van der Waals surface area contributed by atoms with Crippen LogP contribution in [0.25, 0.3) is 11.0 Å². The summed E-state index contributed by atoms with van der Waals surface area (Å²) in [5, 5.41) is 0. The van der Waals surface area contributed by atoms with Gasteiger partial charge in [0.25, 0.3) is 0 Å². The van der Waals surface area contributed by atoms with Gasteiger partial charge in [0.15, 0.2) is 0 Å². The second kappa shape index (κ2) is 9.09. The lowest BCUT2D eigenvalue weighted by atomic mass is 9.75. The first-order valence-corrected chi connectivity index (χ1v) is 11.0. The number of alkyl halides is 3. The second-order valence-corrected chi connectivity index (χ2v) is 8.59. The largest absolute Gasteiger partial charge is 0.416 e. The number of halogens is 3. The average Bonchev–Trinajstić information content (AvgIpc) is 3.07. The third-order valence-electron chi connectivity index (χ3n) is 6.30. The van der Waals surface area contributed by atoms with Crippen molar-refractivity contribution in [2.24, 2.45) is 0 Å². The zero-order chi connectivity index (χ0) is 25.4. The second-order valence-electron chi connectivity index (χ2n) is 8.59. The summed E-state index contributed by atoms with van der Waals surface area (Å²) in [6.45, 7) is 1.86. The number of aromatic nitrogens is 2. The summed E-state index contributed by atoms with van der Waals surface area (Å²) < 4.78 is 40.2. The number of likely N-dealkylation sites (tertiary alicyclic amines) is 1. The van der Waals surface area contributed by atoms with Crippen molar-refractivity contribution in [3.63, 3.8) is 0 Å². The van der Waals surface area contributed by atoms with Crippen molar-refractivity contribution in [2.75, 3.05) is 13.6 Å². The van der Waals surface area contributed by atoms with Gasteiger partial charge in [-0.25, -0.2) is 0 Å². The van der Waals surface area contributed by atoms with Gasteiger partial charge in [-0.3, -0.25) is 29.3 Å². The van der Waals surface area contributed by atoms with E-state index in [0.717, 1.165) is 22.6 Å². The molecule has 0 bridgehead atoms. The van der Waals surface area contributed by atoms with Gasteiger partial charge in [0.05, 0.1) is 22.0 Å². The van der Waals surface area contributed by atoms with Crippen LogP contribution in [0.3, 0.4) is 0 Å². The van der Waals surface area contributed by atoms with Crippen LogP contribution in [0.2, 0.25) is 0 Å². The number of hydrogen-bond donors (Lipinski definition) is 0. The zero-order valence-corrected chi connectivity index (χ0v) is 19.2. The molecule has 35 heavy (non-hydrogen) atoms. The summed E-state index contributed by atoms with van der Waals surface area (Å²) in [4.78, 5) is 50.0. The summed E-state index contributed by atoms with van der Waals surface area (Å²) in [5.41, 5.74) is -0.517. The molecule has 0 unspecified atom stereocenters. The molecule has 4 rings (SSSR count). The first kappa shape index (κ1) is 24.3. The first-order valence-electron chi connectivity index (χ1n) is 11.0. The number of benzene rings is 2. The lowest BCUT2D eigenvalue weighted by molar-refractivity contribution is -0.142. The van der Waals surface area contributed by atoms with E-state index in [1.165, 1.54) is 17.0 Å². The molecule has 1 aliphatic heterocycles. The van der Waals surface area contributed by atoms with E-state index in [9.17, 15) is 27.6 Å². The minimum Gasteiger partial charge on any atom is -0.341 e. The fourth-order valence-electron chi connectivity index (χ4n) is 4.44. The summed E-state index contributed by atoms with van der Waals surface area (Å²) in [7, 11) is 1.54. The van der Waals surface area contributed by atoms with E-state index in [-0.39, 0.29) is 25.1 Å².